The maximum absolute atomic E-state index is 12.0. The lowest BCUT2D eigenvalue weighted by Gasteiger charge is -2.24. The molecule has 94 valence electrons. The third-order valence-electron chi connectivity index (χ3n) is 2.43. The van der Waals surface area contributed by atoms with E-state index in [2.05, 4.69) is 0 Å². The maximum atomic E-state index is 12.0. The molecule has 17 heavy (non-hydrogen) atoms. The minimum absolute atomic E-state index is 0.00948. The van der Waals surface area contributed by atoms with Crippen LogP contribution in [0.5, 0.6) is 0 Å². The first-order valence-corrected chi connectivity index (χ1v) is 6.20. The van der Waals surface area contributed by atoms with Crippen molar-refractivity contribution in [2.75, 3.05) is 17.2 Å². The van der Waals surface area contributed by atoms with Gasteiger partial charge in [-0.05, 0) is 19.1 Å². The Morgan fingerprint density at radius 1 is 1.35 bits per heavy atom. The number of anilines is 2. The number of nitrogens with zero attached hydrogens (tertiary/aromatic N) is 1. The van der Waals surface area contributed by atoms with Crippen molar-refractivity contribution in [2.45, 2.75) is 20.8 Å². The molecule has 0 bridgehead atoms. The van der Waals surface area contributed by atoms with Crippen LogP contribution in [0.15, 0.2) is 12.1 Å². The summed E-state index contributed by atoms with van der Waals surface area (Å²) in [5.74, 6) is -0.0856. The SMILES string of the molecule is CCN(C(=O)C(C)C)c1cc(Cl)c(N)cc1Cl. The minimum atomic E-state index is -0.0951. The average molecular weight is 275 g/mol. The Labute approximate surface area is 111 Å². The van der Waals surface area contributed by atoms with E-state index in [1.807, 2.05) is 20.8 Å². The number of hydrogen-bond acceptors (Lipinski definition) is 2. The molecule has 0 radical (unpaired) electrons. The lowest BCUT2D eigenvalue weighted by molar-refractivity contribution is -0.121. The van der Waals surface area contributed by atoms with Crippen molar-refractivity contribution in [2.24, 2.45) is 5.92 Å². The fraction of sp³-hybridized carbons (Fsp3) is 0.417. The highest BCUT2D eigenvalue weighted by Gasteiger charge is 2.20. The number of carbonyl (C=O) groups excluding carboxylic acids is 1. The summed E-state index contributed by atoms with van der Waals surface area (Å²) in [6.07, 6.45) is 0. The normalized spacial score (nSPS) is 10.7. The fourth-order valence-electron chi connectivity index (χ4n) is 1.52. The topological polar surface area (TPSA) is 46.3 Å². The summed E-state index contributed by atoms with van der Waals surface area (Å²) in [5.41, 5.74) is 6.66. The zero-order valence-electron chi connectivity index (χ0n) is 10.1. The molecule has 3 nitrogen and oxygen atoms in total. The fourth-order valence-corrected chi connectivity index (χ4v) is 1.95. The van der Waals surface area contributed by atoms with Crippen LogP contribution in [-0.2, 0) is 4.79 Å². The van der Waals surface area contributed by atoms with Crippen LogP contribution >= 0.6 is 23.2 Å². The molecule has 0 aliphatic heterocycles. The lowest BCUT2D eigenvalue weighted by Crippen LogP contribution is -2.34. The van der Waals surface area contributed by atoms with E-state index in [9.17, 15) is 4.79 Å². The smallest absolute Gasteiger partial charge is 0.229 e. The van der Waals surface area contributed by atoms with Crippen molar-refractivity contribution in [1.29, 1.82) is 0 Å². The molecule has 5 heteroatoms. The van der Waals surface area contributed by atoms with Gasteiger partial charge in [0, 0.05) is 12.5 Å². The van der Waals surface area contributed by atoms with Gasteiger partial charge in [0.05, 0.1) is 21.4 Å². The minimum Gasteiger partial charge on any atom is -0.397 e. The molecular formula is C12H16Cl2N2O. The molecule has 0 saturated heterocycles. The third kappa shape index (κ3) is 3.05. The zero-order valence-corrected chi connectivity index (χ0v) is 11.6. The Balaban J connectivity index is 3.21. The van der Waals surface area contributed by atoms with Gasteiger partial charge < -0.3 is 10.6 Å². The Hall–Kier alpha value is -0.930. The van der Waals surface area contributed by atoms with E-state index in [-0.39, 0.29) is 11.8 Å². The average Bonchev–Trinajstić information content (AvgIpc) is 2.25. The molecule has 0 heterocycles. The second-order valence-corrected chi connectivity index (χ2v) is 4.88. The number of benzene rings is 1. The van der Waals surface area contributed by atoms with Crippen LogP contribution in [0.3, 0.4) is 0 Å². The zero-order chi connectivity index (χ0) is 13.2. The van der Waals surface area contributed by atoms with Crippen molar-refractivity contribution >= 4 is 40.5 Å². The van der Waals surface area contributed by atoms with Crippen LogP contribution in [0.25, 0.3) is 0 Å². The Kier molecular flexibility index (Phi) is 4.66. The Morgan fingerprint density at radius 2 is 1.94 bits per heavy atom. The monoisotopic (exact) mass is 274 g/mol. The molecule has 1 rings (SSSR count). The van der Waals surface area contributed by atoms with Gasteiger partial charge in [0.2, 0.25) is 5.91 Å². The third-order valence-corrected chi connectivity index (χ3v) is 3.06. The Bertz CT molecular complexity index is 433. The molecule has 1 aromatic carbocycles. The summed E-state index contributed by atoms with van der Waals surface area (Å²) in [6, 6.07) is 3.19. The largest absolute Gasteiger partial charge is 0.397 e. The van der Waals surface area contributed by atoms with E-state index in [1.165, 1.54) is 0 Å². The van der Waals surface area contributed by atoms with Gasteiger partial charge in [-0.15, -0.1) is 0 Å². The van der Waals surface area contributed by atoms with Gasteiger partial charge in [0.25, 0.3) is 0 Å². The molecule has 0 fully saturated rings. The maximum Gasteiger partial charge on any atom is 0.229 e. The van der Waals surface area contributed by atoms with Crippen LogP contribution in [0.1, 0.15) is 20.8 Å². The van der Waals surface area contributed by atoms with Crippen LogP contribution < -0.4 is 10.6 Å². The molecule has 0 aliphatic carbocycles. The summed E-state index contributed by atoms with van der Waals surface area (Å²) in [7, 11) is 0. The van der Waals surface area contributed by atoms with Crippen LogP contribution in [0.4, 0.5) is 11.4 Å². The van der Waals surface area contributed by atoms with Crippen molar-refractivity contribution in [3.05, 3.63) is 22.2 Å². The number of nitrogens with two attached hydrogens (primary N) is 1. The quantitative estimate of drug-likeness (QED) is 0.857. The molecular weight excluding hydrogens is 259 g/mol. The number of rotatable bonds is 3. The molecule has 0 aliphatic rings. The van der Waals surface area contributed by atoms with Crippen molar-refractivity contribution in [3.63, 3.8) is 0 Å². The summed E-state index contributed by atoms with van der Waals surface area (Å²) in [5, 5.41) is 0.835. The number of carbonyl (C=O) groups is 1. The van der Waals surface area contributed by atoms with Crippen LogP contribution in [0, 0.1) is 5.92 Å². The van der Waals surface area contributed by atoms with E-state index >= 15 is 0 Å². The number of halogens is 2. The molecule has 0 atom stereocenters. The molecule has 0 spiro atoms. The van der Waals surface area contributed by atoms with Crippen molar-refractivity contribution in [3.8, 4) is 0 Å². The number of amides is 1. The molecule has 1 amide bonds. The van der Waals surface area contributed by atoms with E-state index in [1.54, 1.807) is 17.0 Å². The molecule has 1 aromatic rings. The van der Waals surface area contributed by atoms with Gasteiger partial charge in [-0.3, -0.25) is 4.79 Å². The van der Waals surface area contributed by atoms with Gasteiger partial charge in [0.1, 0.15) is 0 Å². The second kappa shape index (κ2) is 5.61. The summed E-state index contributed by atoms with van der Waals surface area (Å²) < 4.78 is 0. The summed E-state index contributed by atoms with van der Waals surface area (Å²) >= 11 is 12.0. The van der Waals surface area contributed by atoms with E-state index in [0.29, 0.717) is 28.0 Å². The van der Waals surface area contributed by atoms with E-state index < -0.39 is 0 Å². The Morgan fingerprint density at radius 3 is 2.41 bits per heavy atom. The van der Waals surface area contributed by atoms with Crippen LogP contribution in [-0.4, -0.2) is 12.5 Å². The number of hydrogen-bond donors (Lipinski definition) is 1. The van der Waals surface area contributed by atoms with Crippen molar-refractivity contribution in [1.82, 2.24) is 0 Å². The van der Waals surface area contributed by atoms with Crippen LogP contribution in [0.2, 0.25) is 10.0 Å². The first kappa shape index (κ1) is 14.1. The first-order valence-electron chi connectivity index (χ1n) is 5.44. The van der Waals surface area contributed by atoms with Gasteiger partial charge in [-0.1, -0.05) is 37.0 Å². The molecule has 2 N–H and O–H groups in total. The first-order chi connectivity index (χ1) is 7.88. The highest BCUT2D eigenvalue weighted by Crippen LogP contribution is 2.33. The van der Waals surface area contributed by atoms with E-state index in [0.717, 1.165) is 0 Å². The molecule has 0 saturated carbocycles. The van der Waals surface area contributed by atoms with Gasteiger partial charge in [0.15, 0.2) is 0 Å². The summed E-state index contributed by atoms with van der Waals surface area (Å²) in [4.78, 5) is 13.6. The van der Waals surface area contributed by atoms with E-state index in [4.69, 9.17) is 28.9 Å². The highest BCUT2D eigenvalue weighted by molar-refractivity contribution is 6.37. The standard InChI is InChI=1S/C12H16Cl2N2O/c1-4-16(12(17)7(2)3)11-6-8(13)10(15)5-9(11)14/h5-7H,4,15H2,1-3H3. The molecule has 0 aromatic heterocycles. The van der Waals surface area contributed by atoms with Gasteiger partial charge in [-0.25, -0.2) is 0 Å². The number of nitrogen functional groups attached to an aromatic ring is 1. The van der Waals surface area contributed by atoms with Gasteiger partial charge >= 0.3 is 0 Å². The van der Waals surface area contributed by atoms with Crippen molar-refractivity contribution < 1.29 is 4.79 Å². The van der Waals surface area contributed by atoms with Gasteiger partial charge in [-0.2, -0.15) is 0 Å². The highest BCUT2D eigenvalue weighted by atomic mass is 35.5. The summed E-state index contributed by atoms with van der Waals surface area (Å²) in [6.45, 7) is 6.12. The predicted molar refractivity (Wildman–Crippen MR) is 73.7 cm³/mol. The second-order valence-electron chi connectivity index (χ2n) is 4.06. The predicted octanol–water partition coefficient (Wildman–Crippen LogP) is 3.58. The lowest BCUT2D eigenvalue weighted by atomic mass is 10.1. The molecule has 0 unspecified atom stereocenters.